The van der Waals surface area contributed by atoms with Crippen LogP contribution in [0.2, 0.25) is 0 Å². The first-order chi connectivity index (χ1) is 9.90. The van der Waals surface area contributed by atoms with Gasteiger partial charge in [0.1, 0.15) is 0 Å². The summed E-state index contributed by atoms with van der Waals surface area (Å²) in [6.45, 7) is 3.20. The van der Waals surface area contributed by atoms with Crippen LogP contribution in [0.25, 0.3) is 0 Å². The lowest BCUT2D eigenvalue weighted by Gasteiger charge is -2.10. The van der Waals surface area contributed by atoms with Gasteiger partial charge in [-0.05, 0) is 31.5 Å². The number of carbonyl (C=O) groups is 1. The standard InChI is InChI=1S/C14H12FN3O3/c1-8-6-13(18(20)21)9(2)5-12(8)17-14(19)10-3-4-16-7-11(10)15/h3-7H,1-2H3,(H,17,19). The van der Waals surface area contributed by atoms with Crippen LogP contribution < -0.4 is 5.32 Å². The number of nitrogens with zero attached hydrogens (tertiary/aromatic N) is 2. The van der Waals surface area contributed by atoms with E-state index in [0.29, 0.717) is 16.8 Å². The fourth-order valence-corrected chi connectivity index (χ4v) is 1.88. The molecule has 1 aromatic heterocycles. The number of nitrogens with one attached hydrogen (secondary N) is 1. The number of carbonyl (C=O) groups excluding carboxylic acids is 1. The van der Waals surface area contributed by atoms with Gasteiger partial charge in [-0.2, -0.15) is 0 Å². The van der Waals surface area contributed by atoms with Gasteiger partial charge in [-0.1, -0.05) is 0 Å². The molecular formula is C14H12FN3O3. The minimum absolute atomic E-state index is 0.0272. The number of anilines is 1. The summed E-state index contributed by atoms with van der Waals surface area (Å²) in [6, 6.07) is 4.12. The van der Waals surface area contributed by atoms with Crippen LogP contribution in [0, 0.1) is 29.8 Å². The van der Waals surface area contributed by atoms with E-state index in [1.807, 2.05) is 0 Å². The third-order valence-electron chi connectivity index (χ3n) is 3.00. The van der Waals surface area contributed by atoms with Crippen LogP contribution in [0.15, 0.2) is 30.6 Å². The Bertz CT molecular complexity index is 731. The summed E-state index contributed by atoms with van der Waals surface area (Å²) >= 11 is 0. The fourth-order valence-electron chi connectivity index (χ4n) is 1.88. The van der Waals surface area contributed by atoms with Crippen molar-refractivity contribution in [1.29, 1.82) is 0 Å². The smallest absolute Gasteiger partial charge is 0.272 e. The molecule has 0 saturated heterocycles. The molecule has 0 unspecified atom stereocenters. The lowest BCUT2D eigenvalue weighted by molar-refractivity contribution is -0.385. The molecule has 1 aromatic carbocycles. The molecule has 6 nitrogen and oxygen atoms in total. The average molecular weight is 289 g/mol. The predicted octanol–water partition coefficient (Wildman–Crippen LogP) is 3.00. The van der Waals surface area contributed by atoms with Crippen LogP contribution in [-0.2, 0) is 0 Å². The first-order valence-corrected chi connectivity index (χ1v) is 6.06. The summed E-state index contributed by atoms with van der Waals surface area (Å²) in [6.07, 6.45) is 2.26. The largest absolute Gasteiger partial charge is 0.322 e. The van der Waals surface area contributed by atoms with E-state index in [9.17, 15) is 19.3 Å². The van der Waals surface area contributed by atoms with E-state index in [-0.39, 0.29) is 11.3 Å². The van der Waals surface area contributed by atoms with E-state index in [1.54, 1.807) is 13.8 Å². The number of hydrogen-bond donors (Lipinski definition) is 1. The highest BCUT2D eigenvalue weighted by molar-refractivity contribution is 6.04. The van der Waals surface area contributed by atoms with Crippen LogP contribution in [0.1, 0.15) is 21.5 Å². The number of pyridine rings is 1. The highest BCUT2D eigenvalue weighted by Crippen LogP contribution is 2.26. The van der Waals surface area contributed by atoms with E-state index in [4.69, 9.17) is 0 Å². The second-order valence-electron chi connectivity index (χ2n) is 4.52. The van der Waals surface area contributed by atoms with Crippen molar-refractivity contribution in [2.24, 2.45) is 0 Å². The highest BCUT2D eigenvalue weighted by Gasteiger charge is 2.16. The summed E-state index contributed by atoms with van der Waals surface area (Å²) in [7, 11) is 0. The van der Waals surface area contributed by atoms with Crippen molar-refractivity contribution >= 4 is 17.3 Å². The third-order valence-corrected chi connectivity index (χ3v) is 3.00. The molecule has 0 spiro atoms. The van der Waals surface area contributed by atoms with Crippen molar-refractivity contribution in [3.63, 3.8) is 0 Å². The summed E-state index contributed by atoms with van der Waals surface area (Å²) in [5, 5.41) is 13.4. The van der Waals surface area contributed by atoms with E-state index >= 15 is 0 Å². The third kappa shape index (κ3) is 3.02. The zero-order valence-corrected chi connectivity index (χ0v) is 11.4. The Labute approximate surface area is 119 Å². The van der Waals surface area contributed by atoms with Gasteiger partial charge in [0.15, 0.2) is 5.82 Å². The molecule has 0 fully saturated rings. The second kappa shape index (κ2) is 5.66. The zero-order chi connectivity index (χ0) is 15.6. The van der Waals surface area contributed by atoms with Crippen LogP contribution in [0.3, 0.4) is 0 Å². The molecule has 1 heterocycles. The van der Waals surface area contributed by atoms with Crippen molar-refractivity contribution in [1.82, 2.24) is 4.98 Å². The minimum atomic E-state index is -0.730. The molecule has 2 aromatic rings. The molecule has 21 heavy (non-hydrogen) atoms. The van der Waals surface area contributed by atoms with E-state index in [1.165, 1.54) is 24.4 Å². The van der Waals surface area contributed by atoms with Crippen LogP contribution in [0.5, 0.6) is 0 Å². The molecule has 0 aliphatic heterocycles. The van der Waals surface area contributed by atoms with Crippen LogP contribution >= 0.6 is 0 Å². The number of nitro benzene ring substituents is 1. The van der Waals surface area contributed by atoms with Gasteiger partial charge in [0.25, 0.3) is 11.6 Å². The Hall–Kier alpha value is -2.83. The molecule has 0 aliphatic rings. The Morgan fingerprint density at radius 1 is 1.33 bits per heavy atom. The molecule has 0 saturated carbocycles. The van der Waals surface area contributed by atoms with Crippen LogP contribution in [0.4, 0.5) is 15.8 Å². The van der Waals surface area contributed by atoms with E-state index < -0.39 is 16.6 Å². The molecule has 108 valence electrons. The predicted molar refractivity (Wildman–Crippen MR) is 74.7 cm³/mol. The fraction of sp³-hybridized carbons (Fsp3) is 0.143. The lowest BCUT2D eigenvalue weighted by Crippen LogP contribution is -2.15. The maximum absolute atomic E-state index is 13.5. The number of amides is 1. The number of nitro groups is 1. The maximum atomic E-state index is 13.5. The Morgan fingerprint density at radius 2 is 2.05 bits per heavy atom. The molecule has 1 amide bonds. The van der Waals surface area contributed by atoms with Crippen molar-refractivity contribution in [2.45, 2.75) is 13.8 Å². The molecule has 2 rings (SSSR count). The van der Waals surface area contributed by atoms with Gasteiger partial charge < -0.3 is 5.32 Å². The molecule has 0 aliphatic carbocycles. The van der Waals surface area contributed by atoms with Crippen molar-refractivity contribution < 1.29 is 14.1 Å². The zero-order valence-electron chi connectivity index (χ0n) is 11.4. The number of halogens is 1. The highest BCUT2D eigenvalue weighted by atomic mass is 19.1. The molecule has 0 atom stereocenters. The normalized spacial score (nSPS) is 10.2. The van der Waals surface area contributed by atoms with Gasteiger partial charge >= 0.3 is 0 Å². The number of rotatable bonds is 3. The first kappa shape index (κ1) is 14.6. The summed E-state index contributed by atoms with van der Waals surface area (Å²) < 4.78 is 13.5. The van der Waals surface area contributed by atoms with E-state index in [0.717, 1.165) is 6.20 Å². The van der Waals surface area contributed by atoms with Crippen molar-refractivity contribution in [3.8, 4) is 0 Å². The SMILES string of the molecule is Cc1cc([N+](=O)[O-])c(C)cc1NC(=O)c1ccncc1F. The Balaban J connectivity index is 2.32. The van der Waals surface area contributed by atoms with Gasteiger partial charge in [-0.15, -0.1) is 0 Å². The quantitative estimate of drug-likeness (QED) is 0.695. The van der Waals surface area contributed by atoms with Gasteiger partial charge in [0, 0.05) is 23.5 Å². The molecule has 0 radical (unpaired) electrons. The average Bonchev–Trinajstić information content (AvgIpc) is 2.42. The Morgan fingerprint density at radius 3 is 2.67 bits per heavy atom. The number of hydrogen-bond acceptors (Lipinski definition) is 4. The molecule has 7 heteroatoms. The monoisotopic (exact) mass is 289 g/mol. The van der Waals surface area contributed by atoms with Gasteiger partial charge in [0.2, 0.25) is 0 Å². The van der Waals surface area contributed by atoms with Gasteiger partial charge in [0.05, 0.1) is 16.7 Å². The number of benzene rings is 1. The number of aryl methyl sites for hydroxylation is 2. The van der Waals surface area contributed by atoms with Crippen molar-refractivity contribution in [2.75, 3.05) is 5.32 Å². The van der Waals surface area contributed by atoms with Gasteiger partial charge in [-0.3, -0.25) is 19.9 Å². The summed E-state index contributed by atoms with van der Waals surface area (Å²) in [5.74, 6) is -1.36. The molecular weight excluding hydrogens is 277 g/mol. The summed E-state index contributed by atoms with van der Waals surface area (Å²) in [4.78, 5) is 25.9. The lowest BCUT2D eigenvalue weighted by atomic mass is 10.1. The second-order valence-corrected chi connectivity index (χ2v) is 4.52. The first-order valence-electron chi connectivity index (χ1n) is 6.06. The maximum Gasteiger partial charge on any atom is 0.272 e. The molecule has 1 N–H and O–H groups in total. The topological polar surface area (TPSA) is 85.1 Å². The van der Waals surface area contributed by atoms with Crippen LogP contribution in [-0.4, -0.2) is 15.8 Å². The van der Waals surface area contributed by atoms with Crippen molar-refractivity contribution in [3.05, 3.63) is 63.2 Å². The van der Waals surface area contributed by atoms with Gasteiger partial charge in [-0.25, -0.2) is 4.39 Å². The number of aromatic nitrogens is 1. The van der Waals surface area contributed by atoms with E-state index in [2.05, 4.69) is 10.3 Å². The Kier molecular flexibility index (Phi) is 3.93. The summed E-state index contributed by atoms with van der Waals surface area (Å²) in [5.41, 5.74) is 1.17. The molecule has 0 bridgehead atoms. The minimum Gasteiger partial charge on any atom is -0.322 e.